The van der Waals surface area contributed by atoms with Gasteiger partial charge in [0.1, 0.15) is 13.2 Å². The average Bonchev–Trinajstić information content (AvgIpc) is 2.61. The molecule has 86 heavy (non-hydrogen) atoms. The molecule has 2 fully saturated rings. The maximum absolute atomic E-state index is 13.0. The zero-order chi connectivity index (χ0) is 60.0. The van der Waals surface area contributed by atoms with Crippen molar-refractivity contribution in [3.8, 4) is 22.3 Å². The van der Waals surface area contributed by atoms with Crippen molar-refractivity contribution in [1.82, 2.24) is 43.9 Å². The number of primary amides is 2. The van der Waals surface area contributed by atoms with E-state index in [0.29, 0.717) is 77.5 Å². The van der Waals surface area contributed by atoms with Crippen molar-refractivity contribution in [3.05, 3.63) is 203 Å². The number of imide groups is 1. The third kappa shape index (κ3) is 12.1. The van der Waals surface area contributed by atoms with Crippen molar-refractivity contribution < 1.29 is 38.2 Å². The van der Waals surface area contributed by atoms with Gasteiger partial charge in [-0.25, -0.2) is 18.6 Å². The van der Waals surface area contributed by atoms with Crippen LogP contribution in [0.4, 0.5) is 21.0 Å². The van der Waals surface area contributed by atoms with Crippen molar-refractivity contribution >= 4 is 58.2 Å². The lowest BCUT2D eigenvalue weighted by atomic mass is 10.00. The smallest absolute Gasteiger partial charge is 0.410 e. The number of hydrogen-bond acceptors (Lipinski definition) is 15. The lowest BCUT2D eigenvalue weighted by Gasteiger charge is -2.21. The van der Waals surface area contributed by atoms with E-state index < -0.39 is 11.8 Å². The summed E-state index contributed by atoms with van der Waals surface area (Å²) >= 11 is 0. The molecular weight excluding hydrogens is 1090 g/mol. The van der Waals surface area contributed by atoms with Crippen LogP contribution in [0.1, 0.15) is 90.6 Å². The number of nitrogens with one attached hydrogen (secondary N) is 2. The van der Waals surface area contributed by atoms with Gasteiger partial charge in [0.2, 0.25) is 0 Å². The largest absolute Gasteiger partial charge is 0.445 e. The van der Waals surface area contributed by atoms with Crippen molar-refractivity contribution in [2.24, 2.45) is 29.0 Å². The summed E-state index contributed by atoms with van der Waals surface area (Å²) in [6.07, 6.45) is 11.0. The van der Waals surface area contributed by atoms with E-state index in [0.717, 1.165) is 51.9 Å². The van der Waals surface area contributed by atoms with E-state index in [-0.39, 0.29) is 73.2 Å². The first-order chi connectivity index (χ1) is 41.8. The lowest BCUT2D eigenvalue weighted by molar-refractivity contribution is 0.0639. The second-order valence-corrected chi connectivity index (χ2v) is 21.5. The molecule has 0 unspecified atom stereocenters. The van der Waals surface area contributed by atoms with Crippen LogP contribution in [0.2, 0.25) is 0 Å². The van der Waals surface area contributed by atoms with Crippen LogP contribution in [0.5, 0.6) is 0 Å². The Hall–Kier alpha value is -10.5. The van der Waals surface area contributed by atoms with E-state index in [9.17, 15) is 28.8 Å². The number of benzene rings is 3. The fourth-order valence-corrected chi connectivity index (χ4v) is 11.2. The molecule has 9 aromatic rings. The highest BCUT2D eigenvalue weighted by molar-refractivity contribution is 6.21. The van der Waals surface area contributed by atoms with Crippen LogP contribution in [0.25, 0.3) is 33.3 Å². The molecule has 22 nitrogen and oxygen atoms in total. The van der Waals surface area contributed by atoms with E-state index in [2.05, 4.69) is 44.6 Å². The summed E-state index contributed by atoms with van der Waals surface area (Å²) in [6, 6.07) is 36.9. The van der Waals surface area contributed by atoms with Gasteiger partial charge in [0.15, 0.2) is 0 Å². The molecule has 12 rings (SSSR count). The zero-order valence-electron chi connectivity index (χ0n) is 47.4. The number of fused-ring (bicyclic) bond motifs is 3. The summed E-state index contributed by atoms with van der Waals surface area (Å²) in [5, 5.41) is 15.9. The molecule has 6 amide bonds. The quantitative estimate of drug-likeness (QED) is 0.0537. The first-order valence-corrected chi connectivity index (χ1v) is 28.4. The van der Waals surface area contributed by atoms with Crippen LogP contribution in [0, 0.1) is 11.8 Å². The molecule has 3 aliphatic rings. The first-order valence-electron chi connectivity index (χ1n) is 28.4. The Balaban J connectivity index is 0.000000184. The number of pyridine rings is 2. The van der Waals surface area contributed by atoms with Crippen LogP contribution >= 0.6 is 0 Å². The van der Waals surface area contributed by atoms with Gasteiger partial charge in [-0.05, 0) is 72.2 Å². The summed E-state index contributed by atoms with van der Waals surface area (Å²) in [6.45, 7) is 6.88. The first kappa shape index (κ1) is 57.3. The van der Waals surface area contributed by atoms with E-state index in [4.69, 9.17) is 26.7 Å². The molecule has 438 valence electrons. The van der Waals surface area contributed by atoms with E-state index >= 15 is 0 Å². The summed E-state index contributed by atoms with van der Waals surface area (Å²) in [7, 11) is 0. The number of ether oxygens (including phenoxy) is 2. The number of carbonyl (C=O) groups excluding carboxylic acids is 6. The van der Waals surface area contributed by atoms with Crippen LogP contribution < -0.4 is 27.8 Å². The molecule has 0 saturated carbocycles. The third-order valence-corrected chi connectivity index (χ3v) is 16.0. The van der Waals surface area contributed by atoms with E-state index in [1.165, 1.54) is 17.3 Å². The fraction of sp³-hybridized carbons (Fsp3) is 0.250. The maximum Gasteiger partial charge on any atom is 0.410 e. The van der Waals surface area contributed by atoms with Crippen LogP contribution in [-0.4, -0.2) is 118 Å². The number of rotatable bonds is 17. The van der Waals surface area contributed by atoms with Gasteiger partial charge in [0, 0.05) is 91.8 Å². The Morgan fingerprint density at radius 1 is 0.547 bits per heavy atom. The molecule has 4 atom stereocenters. The van der Waals surface area contributed by atoms with Gasteiger partial charge in [-0.15, -0.1) is 0 Å². The fourth-order valence-electron chi connectivity index (χ4n) is 11.2. The van der Waals surface area contributed by atoms with Crippen LogP contribution in [0.3, 0.4) is 0 Å². The molecule has 0 spiro atoms. The number of carbonyl (C=O) groups is 6. The normalized spacial score (nSPS) is 17.1. The second-order valence-electron chi connectivity index (χ2n) is 21.5. The lowest BCUT2D eigenvalue weighted by Crippen LogP contribution is -2.33. The zero-order valence-corrected chi connectivity index (χ0v) is 47.4. The Bertz CT molecular complexity index is 3950. The standard InChI is InChI=1S/C36H33N7O5.C28H31N7O3/c1-2-23-17-41(36(47)48-21-22-8-4-3-5-9-22)20-30(23)40-32-29(33(37)44)16-39-43-18-25(14-31(32)43)24-12-13-26(38-15-24)19-42-34(45)27-10-6-7-11-28(27)35(42)46;1-2-19-14-34(28(37)38-17-18-6-4-3-5-7-18)16-24(19)33-26-23(27(30)36)13-32-35-15-21(10-25(26)35)20-8-9-22(11-29)31-12-20/h3-16,18,23,30,40H,2,17,19-21H2,1H3,(H2,37,44);3-10,12-13,15,19,24,33H,2,11,14,16-17,29H2,1H3,(H2,30,36)/t23-,30+;19-,24+/m00/s1. The molecule has 0 bridgehead atoms. The minimum Gasteiger partial charge on any atom is -0.445 e. The highest BCUT2D eigenvalue weighted by Crippen LogP contribution is 2.35. The molecule has 9 heterocycles. The van der Waals surface area contributed by atoms with Crippen molar-refractivity contribution in [2.75, 3.05) is 36.8 Å². The van der Waals surface area contributed by atoms with Gasteiger partial charge in [-0.1, -0.05) is 98.8 Å². The van der Waals surface area contributed by atoms with Gasteiger partial charge in [0.25, 0.3) is 23.6 Å². The Labute approximate surface area is 494 Å². The summed E-state index contributed by atoms with van der Waals surface area (Å²) in [5.74, 6) is -1.61. The van der Waals surface area contributed by atoms with Crippen LogP contribution in [0.15, 0.2) is 159 Å². The molecule has 2 saturated heterocycles. The summed E-state index contributed by atoms with van der Waals surface area (Å²) in [4.78, 5) is 89.9. The Morgan fingerprint density at radius 3 is 1.37 bits per heavy atom. The number of likely N-dealkylation sites (tertiary alicyclic amines) is 2. The summed E-state index contributed by atoms with van der Waals surface area (Å²) < 4.78 is 14.5. The van der Waals surface area contributed by atoms with Crippen molar-refractivity contribution in [1.29, 1.82) is 0 Å². The minimum absolute atomic E-state index is 0.0543. The molecule has 3 aromatic carbocycles. The number of aromatic nitrogens is 6. The number of nitrogens with two attached hydrogens (primary N) is 3. The van der Waals surface area contributed by atoms with Crippen molar-refractivity contribution in [3.63, 3.8) is 0 Å². The molecule has 0 radical (unpaired) electrons. The topological polar surface area (TPSA) is 293 Å². The van der Waals surface area contributed by atoms with Crippen molar-refractivity contribution in [2.45, 2.75) is 65.1 Å². The molecule has 8 N–H and O–H groups in total. The monoisotopic (exact) mass is 1160 g/mol. The second kappa shape index (κ2) is 25.2. The van der Waals surface area contributed by atoms with Gasteiger partial charge < -0.3 is 47.1 Å². The predicted molar refractivity (Wildman–Crippen MR) is 321 cm³/mol. The third-order valence-electron chi connectivity index (χ3n) is 16.0. The number of anilines is 2. The molecule has 0 aliphatic carbocycles. The molecule has 6 aromatic heterocycles. The van der Waals surface area contributed by atoms with E-state index in [1.807, 2.05) is 103 Å². The van der Waals surface area contributed by atoms with Gasteiger partial charge in [-0.2, -0.15) is 10.2 Å². The minimum atomic E-state index is -0.625. The molecule has 3 aliphatic heterocycles. The SMILES string of the molecule is CC[C@H]1CN(C(=O)OCc2ccccc2)C[C@H]1Nc1c(C(N)=O)cnn2cc(-c3ccc(CN)nc3)cc12.CC[C@H]1CN(C(=O)OCc2ccccc2)C[C@H]1Nc1c(C(N)=O)cnn2cc(-c3ccc(CN4C(=O)c5ccccc5C4=O)nc3)cc12. The average molecular weight is 1160 g/mol. The molecule has 22 heteroatoms. The van der Waals surface area contributed by atoms with Gasteiger partial charge >= 0.3 is 12.2 Å². The number of nitrogens with zero attached hydrogens (tertiary/aromatic N) is 9. The number of amides is 6. The molecular formula is C64H64N14O8. The van der Waals surface area contributed by atoms with Crippen LogP contribution in [-0.2, 0) is 35.8 Å². The highest BCUT2D eigenvalue weighted by atomic mass is 16.6. The van der Waals surface area contributed by atoms with Gasteiger partial charge in [0.05, 0.1) is 75.0 Å². The van der Waals surface area contributed by atoms with E-state index in [1.54, 1.807) is 61.6 Å². The predicted octanol–water partition coefficient (Wildman–Crippen LogP) is 8.16. The highest BCUT2D eigenvalue weighted by Gasteiger charge is 2.39. The maximum atomic E-state index is 13.0. The Kier molecular flexibility index (Phi) is 16.8. The number of hydrogen-bond donors (Lipinski definition) is 5. The summed E-state index contributed by atoms with van der Waals surface area (Å²) in [5.41, 5.74) is 27.5. The Morgan fingerprint density at radius 2 is 0.977 bits per heavy atom. The van der Waals surface area contributed by atoms with Gasteiger partial charge in [-0.3, -0.25) is 34.0 Å².